The first kappa shape index (κ1) is 17.0. The van der Waals surface area contributed by atoms with E-state index in [2.05, 4.69) is 24.8 Å². The van der Waals surface area contributed by atoms with Crippen LogP contribution in [0, 0.1) is 0 Å². The molecule has 3 aromatic rings. The fourth-order valence-electron chi connectivity index (χ4n) is 3.36. The Morgan fingerprint density at radius 2 is 1.72 bits per heavy atom. The van der Waals surface area contributed by atoms with E-state index in [1.807, 2.05) is 67.4 Å². The zero-order valence-electron chi connectivity index (χ0n) is 14.9. The van der Waals surface area contributed by atoms with Crippen molar-refractivity contribution in [3.8, 4) is 0 Å². The van der Waals surface area contributed by atoms with Gasteiger partial charge < -0.3 is 4.90 Å². The van der Waals surface area contributed by atoms with Crippen molar-refractivity contribution in [1.82, 2.24) is 9.47 Å². The van der Waals surface area contributed by atoms with Crippen LogP contribution in [0.15, 0.2) is 73.4 Å². The Morgan fingerprint density at radius 3 is 2.36 bits per heavy atom. The van der Waals surface area contributed by atoms with Gasteiger partial charge in [-0.3, -0.25) is 4.57 Å². The van der Waals surface area contributed by atoms with Crippen LogP contribution in [0.25, 0.3) is 10.9 Å². The molecule has 3 nitrogen and oxygen atoms in total. The molecule has 1 amide bonds. The third-order valence-corrected chi connectivity index (χ3v) is 4.71. The maximum absolute atomic E-state index is 12.9. The molecule has 1 unspecified atom stereocenters. The molecule has 25 heavy (non-hydrogen) atoms. The summed E-state index contributed by atoms with van der Waals surface area (Å²) >= 11 is 0. The Bertz CT molecular complexity index is 875. The van der Waals surface area contributed by atoms with E-state index in [-0.39, 0.29) is 11.9 Å². The van der Waals surface area contributed by atoms with E-state index in [9.17, 15) is 4.79 Å². The Balaban J connectivity index is 2.17. The molecule has 128 valence electrons. The van der Waals surface area contributed by atoms with Gasteiger partial charge in [-0.1, -0.05) is 54.6 Å². The number of benzene rings is 2. The number of allylic oxidation sites excluding steroid dienone is 1. The number of carbonyl (C=O) groups excluding carboxylic acids is 1. The summed E-state index contributed by atoms with van der Waals surface area (Å²) in [7, 11) is 0. The molecule has 1 atom stereocenters. The lowest BCUT2D eigenvalue weighted by Gasteiger charge is -2.19. The van der Waals surface area contributed by atoms with E-state index < -0.39 is 0 Å². The number of amides is 1. The number of rotatable bonds is 5. The minimum absolute atomic E-state index is 0.0170. The number of carbonyl (C=O) groups is 1. The van der Waals surface area contributed by atoms with Crippen molar-refractivity contribution in [3.63, 3.8) is 0 Å². The van der Waals surface area contributed by atoms with Gasteiger partial charge in [0.25, 0.3) is 0 Å². The Hall–Kier alpha value is -2.81. The van der Waals surface area contributed by atoms with Gasteiger partial charge in [0.1, 0.15) is 0 Å². The van der Waals surface area contributed by atoms with E-state index in [0.29, 0.717) is 13.1 Å². The van der Waals surface area contributed by atoms with Crippen molar-refractivity contribution >= 4 is 16.9 Å². The number of hydrogen-bond donors (Lipinski definition) is 0. The van der Waals surface area contributed by atoms with Crippen LogP contribution in [-0.4, -0.2) is 28.6 Å². The van der Waals surface area contributed by atoms with E-state index in [0.717, 1.165) is 16.5 Å². The second-order valence-electron chi connectivity index (χ2n) is 6.05. The maximum Gasteiger partial charge on any atom is 0.328 e. The molecule has 0 bridgehead atoms. The zero-order chi connectivity index (χ0) is 17.8. The highest BCUT2D eigenvalue weighted by molar-refractivity contribution is 5.94. The summed E-state index contributed by atoms with van der Waals surface area (Å²) in [6, 6.07) is 18.4. The largest absolute Gasteiger partial charge is 0.328 e. The molecule has 0 saturated carbocycles. The normalized spacial score (nSPS) is 12.1. The Morgan fingerprint density at radius 1 is 1.08 bits per heavy atom. The number of para-hydroxylation sites is 1. The Labute approximate surface area is 149 Å². The maximum atomic E-state index is 12.9. The third-order valence-electron chi connectivity index (χ3n) is 4.71. The van der Waals surface area contributed by atoms with Gasteiger partial charge >= 0.3 is 6.03 Å². The van der Waals surface area contributed by atoms with E-state index >= 15 is 0 Å². The van der Waals surface area contributed by atoms with E-state index in [1.54, 1.807) is 4.57 Å². The first-order valence-corrected chi connectivity index (χ1v) is 8.78. The monoisotopic (exact) mass is 332 g/mol. The lowest BCUT2D eigenvalue weighted by atomic mass is 9.91. The van der Waals surface area contributed by atoms with Crippen LogP contribution < -0.4 is 0 Å². The van der Waals surface area contributed by atoms with Crippen molar-refractivity contribution in [3.05, 3.63) is 84.6 Å². The van der Waals surface area contributed by atoms with Crippen LogP contribution in [0.5, 0.6) is 0 Å². The van der Waals surface area contributed by atoms with Gasteiger partial charge in [-0.25, -0.2) is 4.79 Å². The topological polar surface area (TPSA) is 25.2 Å². The molecular weight excluding hydrogens is 308 g/mol. The van der Waals surface area contributed by atoms with Gasteiger partial charge in [-0.05, 0) is 31.0 Å². The molecule has 3 rings (SSSR count). The van der Waals surface area contributed by atoms with Crippen molar-refractivity contribution in [2.75, 3.05) is 13.1 Å². The first-order chi connectivity index (χ1) is 12.2. The lowest BCUT2D eigenvalue weighted by Crippen LogP contribution is -2.33. The second kappa shape index (κ2) is 7.39. The summed E-state index contributed by atoms with van der Waals surface area (Å²) < 4.78 is 1.77. The molecule has 0 spiro atoms. The minimum atomic E-state index is 0.0170. The molecule has 0 aliphatic heterocycles. The Kier molecular flexibility index (Phi) is 5.03. The molecule has 0 saturated heterocycles. The standard InChI is InChI=1S/C22H24N2O/c1-4-18(17-12-8-7-9-13-17)20-16-24(22(25)23(5-2)6-3)21-15-11-10-14-19(20)21/h4,7-16,18H,1,5-6H2,2-3H3. The van der Waals surface area contributed by atoms with Crippen molar-refractivity contribution in [1.29, 1.82) is 0 Å². The predicted molar refractivity (Wildman–Crippen MR) is 104 cm³/mol. The molecular formula is C22H24N2O. The number of nitrogens with zero attached hydrogens (tertiary/aromatic N) is 2. The number of hydrogen-bond acceptors (Lipinski definition) is 1. The summed E-state index contributed by atoms with van der Waals surface area (Å²) in [4.78, 5) is 14.8. The molecule has 0 N–H and O–H groups in total. The highest BCUT2D eigenvalue weighted by atomic mass is 16.2. The SMILES string of the molecule is C=CC(c1ccccc1)c1cn(C(=O)N(CC)CC)c2ccccc12. The van der Waals surface area contributed by atoms with E-state index in [4.69, 9.17) is 0 Å². The molecule has 0 aliphatic rings. The number of aromatic nitrogens is 1. The van der Waals surface area contributed by atoms with Crippen molar-refractivity contribution in [2.45, 2.75) is 19.8 Å². The second-order valence-corrected chi connectivity index (χ2v) is 6.05. The molecule has 0 fully saturated rings. The molecule has 3 heteroatoms. The van der Waals surface area contributed by atoms with Crippen molar-refractivity contribution < 1.29 is 4.79 Å². The lowest BCUT2D eigenvalue weighted by molar-refractivity contribution is 0.206. The smallest absolute Gasteiger partial charge is 0.325 e. The highest BCUT2D eigenvalue weighted by Gasteiger charge is 2.21. The first-order valence-electron chi connectivity index (χ1n) is 8.78. The van der Waals surface area contributed by atoms with Crippen LogP contribution in [0.4, 0.5) is 4.79 Å². The van der Waals surface area contributed by atoms with Crippen LogP contribution in [0.2, 0.25) is 0 Å². The molecule has 0 radical (unpaired) electrons. The zero-order valence-corrected chi connectivity index (χ0v) is 14.9. The van der Waals surface area contributed by atoms with Gasteiger partial charge in [0.05, 0.1) is 5.52 Å². The van der Waals surface area contributed by atoms with Gasteiger partial charge in [-0.15, -0.1) is 6.58 Å². The third kappa shape index (κ3) is 3.10. The van der Waals surface area contributed by atoms with Crippen molar-refractivity contribution in [2.24, 2.45) is 0 Å². The summed E-state index contributed by atoms with van der Waals surface area (Å²) in [5.41, 5.74) is 3.23. The van der Waals surface area contributed by atoms with Crippen LogP contribution >= 0.6 is 0 Å². The summed E-state index contributed by atoms with van der Waals surface area (Å²) in [5.74, 6) is 0.0526. The molecule has 0 aliphatic carbocycles. The van der Waals surface area contributed by atoms with Gasteiger partial charge in [0.2, 0.25) is 0 Å². The highest BCUT2D eigenvalue weighted by Crippen LogP contribution is 2.33. The quantitative estimate of drug-likeness (QED) is 0.584. The van der Waals surface area contributed by atoms with Crippen LogP contribution in [-0.2, 0) is 0 Å². The summed E-state index contributed by atoms with van der Waals surface area (Å²) in [6.45, 7) is 9.44. The van der Waals surface area contributed by atoms with Gasteiger partial charge in [-0.2, -0.15) is 0 Å². The fourth-order valence-corrected chi connectivity index (χ4v) is 3.36. The molecule has 1 heterocycles. The predicted octanol–water partition coefficient (Wildman–Crippen LogP) is 5.27. The average Bonchev–Trinajstić information content (AvgIpc) is 3.04. The minimum Gasteiger partial charge on any atom is -0.325 e. The van der Waals surface area contributed by atoms with E-state index in [1.165, 1.54) is 5.56 Å². The van der Waals surface area contributed by atoms with Gasteiger partial charge in [0, 0.05) is 30.6 Å². The van der Waals surface area contributed by atoms with Gasteiger partial charge in [0.15, 0.2) is 0 Å². The summed E-state index contributed by atoms with van der Waals surface area (Å²) in [5, 5.41) is 1.09. The van der Waals surface area contributed by atoms with Crippen LogP contribution in [0.3, 0.4) is 0 Å². The number of fused-ring (bicyclic) bond motifs is 1. The average molecular weight is 332 g/mol. The fraction of sp³-hybridized carbons (Fsp3) is 0.227. The summed E-state index contributed by atoms with van der Waals surface area (Å²) in [6.07, 6.45) is 3.92. The molecule has 2 aromatic carbocycles. The van der Waals surface area contributed by atoms with Crippen LogP contribution in [0.1, 0.15) is 30.9 Å². The molecule has 1 aromatic heterocycles.